The molecule has 18 heteroatoms. The second-order valence-electron chi connectivity index (χ2n) is 10.9. The maximum Gasteiger partial charge on any atom is 0.410 e. The van der Waals surface area contributed by atoms with E-state index in [-0.39, 0.29) is 73.9 Å². The maximum absolute atomic E-state index is 14.0. The van der Waals surface area contributed by atoms with E-state index in [1.165, 1.54) is 23.8 Å². The Labute approximate surface area is 234 Å². The largest absolute Gasteiger partial charge is 0.410 e. The molecule has 3 aliphatic rings. The number of halogens is 5. The number of aromatic nitrogens is 6. The van der Waals surface area contributed by atoms with Crippen molar-refractivity contribution in [1.82, 2.24) is 45.4 Å². The van der Waals surface area contributed by atoms with E-state index >= 15 is 0 Å². The van der Waals surface area contributed by atoms with Crippen molar-refractivity contribution in [3.63, 3.8) is 0 Å². The number of rotatable bonds is 6. The molecule has 0 bridgehead atoms. The number of carbonyl (C=O) groups excluding carboxylic acids is 2. The van der Waals surface area contributed by atoms with Crippen LogP contribution in [0, 0.1) is 12.8 Å². The van der Waals surface area contributed by atoms with Crippen molar-refractivity contribution >= 4 is 17.7 Å². The summed E-state index contributed by atoms with van der Waals surface area (Å²) in [7, 11) is 0. The number of hydrogen-bond acceptors (Lipinski definition) is 9. The van der Waals surface area contributed by atoms with E-state index in [2.05, 4.69) is 35.3 Å². The number of aryl methyl sites for hydroxylation is 1. The fourth-order valence-electron chi connectivity index (χ4n) is 5.84. The second-order valence-corrected chi connectivity index (χ2v) is 10.9. The van der Waals surface area contributed by atoms with Crippen molar-refractivity contribution in [2.45, 2.75) is 68.7 Å². The molecule has 13 nitrogen and oxygen atoms in total. The molecule has 2 N–H and O–H groups in total. The van der Waals surface area contributed by atoms with Crippen molar-refractivity contribution in [2.24, 2.45) is 5.92 Å². The Hall–Kier alpha value is -3.96. The molecule has 0 unspecified atom stereocenters. The molecular formula is C24H26F5N9O4. The van der Waals surface area contributed by atoms with E-state index in [0.717, 1.165) is 4.90 Å². The number of carbonyl (C=O) groups is 2. The maximum atomic E-state index is 14.0. The SMILES string of the molecule is Cc1nonc1C(=O)N[C@H](c1cn2ncc([C@@]3(N4C[C@@H](C(F)(F)F)NC4=O)CCOC3)nc2n1)C1CCC(F)(F)CC1. The van der Waals surface area contributed by atoms with Crippen molar-refractivity contribution in [1.29, 1.82) is 0 Å². The van der Waals surface area contributed by atoms with Crippen molar-refractivity contribution in [2.75, 3.05) is 19.8 Å². The molecule has 3 fully saturated rings. The van der Waals surface area contributed by atoms with E-state index in [9.17, 15) is 31.5 Å². The van der Waals surface area contributed by atoms with Crippen LogP contribution in [0.15, 0.2) is 17.0 Å². The summed E-state index contributed by atoms with van der Waals surface area (Å²) in [4.78, 5) is 35.8. The van der Waals surface area contributed by atoms with Crippen LogP contribution in [-0.2, 0) is 10.3 Å². The summed E-state index contributed by atoms with van der Waals surface area (Å²) in [5, 5.41) is 16.3. The molecule has 42 heavy (non-hydrogen) atoms. The molecule has 3 aromatic heterocycles. The standard InChI is InChI=1S/C24H26F5N9O4/c1-12-17(36-42-35-12)19(39)34-18(13-2-4-23(25,26)5-3-13)14-9-38-20(31-14)32-15(8-30-38)22(6-7-41-11-22)37-10-16(24(27,28)29)33-21(37)40/h8-9,13,16,18H,2-7,10-11H2,1H3,(H,33,40)(H,34,39)/t16-,18-,22+/m0/s1. The first-order chi connectivity index (χ1) is 19.9. The lowest BCUT2D eigenvalue weighted by atomic mass is 9.81. The number of urea groups is 1. The third-order valence-corrected chi connectivity index (χ3v) is 8.22. The van der Waals surface area contributed by atoms with Crippen molar-refractivity contribution in [3.05, 3.63) is 35.2 Å². The van der Waals surface area contributed by atoms with Gasteiger partial charge in [0.15, 0.2) is 5.69 Å². The van der Waals surface area contributed by atoms with Crippen LogP contribution in [0.3, 0.4) is 0 Å². The molecule has 2 saturated heterocycles. The van der Waals surface area contributed by atoms with E-state index in [1.807, 2.05) is 5.32 Å². The summed E-state index contributed by atoms with van der Waals surface area (Å²) in [5.41, 5.74) is -0.660. The van der Waals surface area contributed by atoms with Gasteiger partial charge in [-0.1, -0.05) is 5.16 Å². The number of fused-ring (bicyclic) bond motifs is 1. The smallest absolute Gasteiger partial charge is 0.378 e. The zero-order valence-corrected chi connectivity index (χ0v) is 22.2. The van der Waals surface area contributed by atoms with Gasteiger partial charge in [-0.2, -0.15) is 18.3 Å². The van der Waals surface area contributed by atoms with Crippen LogP contribution < -0.4 is 10.6 Å². The third-order valence-electron chi connectivity index (χ3n) is 8.22. The molecule has 6 rings (SSSR count). The molecule has 3 atom stereocenters. The fourth-order valence-corrected chi connectivity index (χ4v) is 5.84. The summed E-state index contributed by atoms with van der Waals surface area (Å²) in [6, 6.07) is -3.77. The number of ether oxygens (including phenoxy) is 1. The van der Waals surface area contributed by atoms with Gasteiger partial charge in [0.25, 0.3) is 11.7 Å². The van der Waals surface area contributed by atoms with Gasteiger partial charge in [-0.25, -0.2) is 32.7 Å². The van der Waals surface area contributed by atoms with Gasteiger partial charge in [0.05, 0.1) is 43.0 Å². The minimum atomic E-state index is -4.64. The number of imidazole rings is 1. The first-order valence-electron chi connectivity index (χ1n) is 13.3. The third kappa shape index (κ3) is 5.00. The summed E-state index contributed by atoms with van der Waals surface area (Å²) in [6.45, 7) is 0.990. The van der Waals surface area contributed by atoms with Crippen LogP contribution in [0.1, 0.15) is 65.7 Å². The van der Waals surface area contributed by atoms with Gasteiger partial charge in [0.2, 0.25) is 5.92 Å². The lowest BCUT2D eigenvalue weighted by Gasteiger charge is -2.35. The van der Waals surface area contributed by atoms with Crippen LogP contribution in [0.4, 0.5) is 26.7 Å². The first-order valence-corrected chi connectivity index (χ1v) is 13.3. The molecule has 1 aliphatic carbocycles. The predicted molar refractivity (Wildman–Crippen MR) is 129 cm³/mol. The Kier molecular flexibility index (Phi) is 6.77. The molecule has 3 amide bonds. The van der Waals surface area contributed by atoms with Gasteiger partial charge in [-0.3, -0.25) is 4.79 Å². The highest BCUT2D eigenvalue weighted by Crippen LogP contribution is 2.42. The topological polar surface area (TPSA) is 153 Å². The zero-order chi connectivity index (χ0) is 29.9. The summed E-state index contributed by atoms with van der Waals surface area (Å²) in [6.07, 6.45) is -2.12. The summed E-state index contributed by atoms with van der Waals surface area (Å²) < 4.78 is 79.6. The highest BCUT2D eigenvalue weighted by Gasteiger charge is 2.55. The van der Waals surface area contributed by atoms with Crippen molar-refractivity contribution in [3.8, 4) is 0 Å². The number of hydrogen-bond donors (Lipinski definition) is 2. The Morgan fingerprint density at radius 1 is 1.19 bits per heavy atom. The van der Waals surface area contributed by atoms with Crippen molar-refractivity contribution < 1.29 is 40.9 Å². The normalized spacial score (nSPS) is 25.6. The minimum absolute atomic E-state index is 0.0421. The van der Waals surface area contributed by atoms with Gasteiger partial charge in [-0.15, -0.1) is 0 Å². The lowest BCUT2D eigenvalue weighted by molar-refractivity contribution is -0.151. The van der Waals surface area contributed by atoms with Crippen LogP contribution in [0.25, 0.3) is 5.78 Å². The monoisotopic (exact) mass is 599 g/mol. The molecule has 2 aliphatic heterocycles. The average molecular weight is 600 g/mol. The number of nitrogens with one attached hydrogen (secondary N) is 2. The van der Waals surface area contributed by atoms with Crippen LogP contribution >= 0.6 is 0 Å². The minimum Gasteiger partial charge on any atom is -0.378 e. The van der Waals surface area contributed by atoms with Gasteiger partial charge < -0.3 is 20.3 Å². The summed E-state index contributed by atoms with van der Waals surface area (Å²) in [5.74, 6) is -3.80. The van der Waals surface area contributed by atoms with E-state index < -0.39 is 54.1 Å². The second kappa shape index (κ2) is 10.1. The number of alkyl halides is 5. The molecule has 5 heterocycles. The van der Waals surface area contributed by atoms with Gasteiger partial charge in [0.1, 0.15) is 17.3 Å². The van der Waals surface area contributed by atoms with E-state index in [1.54, 1.807) is 0 Å². The molecular weight excluding hydrogens is 573 g/mol. The molecule has 0 aromatic carbocycles. The van der Waals surface area contributed by atoms with Crippen LogP contribution in [-0.4, -0.2) is 84.6 Å². The average Bonchev–Trinajstić information content (AvgIpc) is 3.72. The highest BCUT2D eigenvalue weighted by molar-refractivity contribution is 5.93. The first kappa shape index (κ1) is 28.2. The van der Waals surface area contributed by atoms with Gasteiger partial charge >= 0.3 is 12.2 Å². The quantitative estimate of drug-likeness (QED) is 0.408. The molecule has 0 spiro atoms. The van der Waals surface area contributed by atoms with Crippen LogP contribution in [0.2, 0.25) is 0 Å². The molecule has 3 aromatic rings. The Morgan fingerprint density at radius 2 is 1.95 bits per heavy atom. The highest BCUT2D eigenvalue weighted by atomic mass is 19.4. The Balaban J connectivity index is 1.33. The predicted octanol–water partition coefficient (Wildman–Crippen LogP) is 2.68. The van der Waals surface area contributed by atoms with E-state index in [0.29, 0.717) is 0 Å². The van der Waals surface area contributed by atoms with E-state index in [4.69, 9.17) is 4.74 Å². The lowest BCUT2D eigenvalue weighted by Crippen LogP contribution is -2.49. The molecule has 0 radical (unpaired) electrons. The zero-order valence-electron chi connectivity index (χ0n) is 22.2. The Morgan fingerprint density at radius 3 is 2.57 bits per heavy atom. The summed E-state index contributed by atoms with van der Waals surface area (Å²) >= 11 is 0. The van der Waals surface area contributed by atoms with Gasteiger partial charge in [0, 0.05) is 25.9 Å². The fraction of sp³-hybridized carbons (Fsp3) is 0.625. The number of nitrogens with zero attached hydrogens (tertiary/aromatic N) is 7. The van der Waals surface area contributed by atoms with Crippen LogP contribution in [0.5, 0.6) is 0 Å². The Bertz CT molecular complexity index is 1490. The van der Waals surface area contributed by atoms with Gasteiger partial charge in [-0.05, 0) is 30.8 Å². The number of amides is 3. The molecule has 1 saturated carbocycles. The molecule has 226 valence electrons.